The average molecular weight is 475 g/mol. The summed E-state index contributed by atoms with van der Waals surface area (Å²) in [5, 5.41) is 13.7. The van der Waals surface area contributed by atoms with Crippen molar-refractivity contribution in [2.75, 3.05) is 0 Å². The van der Waals surface area contributed by atoms with Crippen LogP contribution < -0.4 is 9.47 Å². The van der Waals surface area contributed by atoms with Crippen LogP contribution in [0.2, 0.25) is 0 Å². The van der Waals surface area contributed by atoms with Crippen LogP contribution in [0.1, 0.15) is 22.3 Å². The monoisotopic (exact) mass is 474 g/mol. The number of ether oxygens (including phenoxy) is 2. The first-order chi connectivity index (χ1) is 13.5. The lowest BCUT2D eigenvalue weighted by atomic mass is 10.0. The van der Waals surface area contributed by atoms with E-state index in [9.17, 15) is 9.90 Å². The molecule has 2 heterocycles. The number of aliphatic hydroxyl groups excluding tert-OH is 1. The standard InChI is InChI=1S/C21H15BrO4S2/c22-21(11-9-19(23)28-21)26-18-4-2-1-3-17(18)20(24)14-5-7-15(8-6-14)25-16-10-12-27-13-16/h1-10,12-13,23H,11H2. The molecule has 1 aliphatic heterocycles. The highest BCUT2D eigenvalue weighted by atomic mass is 79.9. The third kappa shape index (κ3) is 4.27. The van der Waals surface area contributed by atoms with Crippen LogP contribution in [0.25, 0.3) is 0 Å². The van der Waals surface area contributed by atoms with Crippen molar-refractivity contribution in [3.63, 3.8) is 0 Å². The number of carbonyl (C=O) groups is 1. The minimum absolute atomic E-state index is 0.144. The third-order valence-corrected chi connectivity index (χ3v) is 6.58. The van der Waals surface area contributed by atoms with Crippen LogP contribution in [0.15, 0.2) is 76.5 Å². The number of para-hydroxylation sites is 1. The Morgan fingerprint density at radius 2 is 1.86 bits per heavy atom. The topological polar surface area (TPSA) is 55.8 Å². The molecule has 0 saturated heterocycles. The highest BCUT2D eigenvalue weighted by Gasteiger charge is 2.36. The van der Waals surface area contributed by atoms with Gasteiger partial charge in [0.1, 0.15) is 17.2 Å². The number of alkyl halides is 1. The fraction of sp³-hybridized carbons (Fsp3) is 0.0952. The van der Waals surface area contributed by atoms with Crippen molar-refractivity contribution >= 4 is 44.8 Å². The van der Waals surface area contributed by atoms with Crippen LogP contribution in [0.5, 0.6) is 17.2 Å². The van der Waals surface area contributed by atoms with E-state index in [0.717, 1.165) is 5.75 Å². The Kier molecular flexibility index (Phi) is 5.48. The van der Waals surface area contributed by atoms with Crippen molar-refractivity contribution in [1.29, 1.82) is 0 Å². The van der Waals surface area contributed by atoms with Gasteiger partial charge >= 0.3 is 0 Å². The quantitative estimate of drug-likeness (QED) is 0.316. The van der Waals surface area contributed by atoms with Crippen LogP contribution in [-0.2, 0) is 0 Å². The minimum Gasteiger partial charge on any atom is -0.502 e. The number of ketones is 1. The molecule has 1 atom stereocenters. The van der Waals surface area contributed by atoms with Gasteiger partial charge in [0.15, 0.2) is 10.9 Å². The summed E-state index contributed by atoms with van der Waals surface area (Å²) in [6.07, 6.45) is 2.16. The normalized spacial score (nSPS) is 18.5. The number of thioether (sulfide) groups is 1. The van der Waals surface area contributed by atoms with Gasteiger partial charge < -0.3 is 14.6 Å². The molecule has 0 saturated carbocycles. The first kappa shape index (κ1) is 19.1. The molecule has 0 amide bonds. The average Bonchev–Trinajstić information content (AvgIpc) is 3.32. The molecular weight excluding hydrogens is 460 g/mol. The van der Waals surface area contributed by atoms with Gasteiger partial charge in [0.2, 0.25) is 3.84 Å². The molecule has 28 heavy (non-hydrogen) atoms. The Hall–Kier alpha value is -2.22. The van der Waals surface area contributed by atoms with E-state index in [1.54, 1.807) is 59.9 Å². The number of hydrogen-bond acceptors (Lipinski definition) is 6. The van der Waals surface area contributed by atoms with E-state index in [1.165, 1.54) is 11.8 Å². The molecule has 142 valence electrons. The Bertz CT molecular complexity index is 1020. The minimum atomic E-state index is -0.814. The number of aliphatic hydroxyl groups is 1. The number of benzene rings is 2. The highest BCUT2D eigenvalue weighted by Crippen LogP contribution is 2.47. The van der Waals surface area contributed by atoms with E-state index >= 15 is 0 Å². The molecular formula is C21H15BrO4S2. The SMILES string of the molecule is O=C(c1ccc(Oc2ccsc2)cc1)c1ccccc1OC1(Br)CC=C(O)S1. The van der Waals surface area contributed by atoms with Crippen LogP contribution >= 0.6 is 39.0 Å². The molecule has 7 heteroatoms. The Morgan fingerprint density at radius 3 is 2.54 bits per heavy atom. The second-order valence-corrected chi connectivity index (χ2v) is 9.89. The lowest BCUT2D eigenvalue weighted by Crippen LogP contribution is -2.22. The fourth-order valence-corrected chi connectivity index (χ4v) is 4.86. The zero-order chi connectivity index (χ0) is 19.6. The molecule has 1 N–H and O–H groups in total. The van der Waals surface area contributed by atoms with E-state index in [2.05, 4.69) is 15.9 Å². The van der Waals surface area contributed by atoms with Crippen molar-refractivity contribution in [3.05, 3.63) is 87.7 Å². The number of thiophene rings is 1. The summed E-state index contributed by atoms with van der Waals surface area (Å²) in [6.45, 7) is 0. The van der Waals surface area contributed by atoms with E-state index in [-0.39, 0.29) is 10.9 Å². The second-order valence-electron chi connectivity index (χ2n) is 6.02. The summed E-state index contributed by atoms with van der Waals surface area (Å²) in [4.78, 5) is 13.0. The molecule has 4 rings (SSSR count). The molecule has 0 fully saturated rings. The zero-order valence-electron chi connectivity index (χ0n) is 14.5. The smallest absolute Gasteiger partial charge is 0.220 e. The Morgan fingerprint density at radius 1 is 1.07 bits per heavy atom. The van der Waals surface area contributed by atoms with E-state index in [0.29, 0.717) is 29.0 Å². The maximum Gasteiger partial charge on any atom is 0.220 e. The van der Waals surface area contributed by atoms with Gasteiger partial charge in [-0.1, -0.05) is 12.1 Å². The number of halogens is 1. The van der Waals surface area contributed by atoms with Crippen molar-refractivity contribution in [3.8, 4) is 17.2 Å². The van der Waals surface area contributed by atoms with Gasteiger partial charge in [0, 0.05) is 17.4 Å². The first-order valence-electron chi connectivity index (χ1n) is 8.42. The van der Waals surface area contributed by atoms with Crippen molar-refractivity contribution < 1.29 is 19.4 Å². The molecule has 1 aromatic heterocycles. The number of carbonyl (C=O) groups excluding carboxylic acids is 1. The van der Waals surface area contributed by atoms with Crippen molar-refractivity contribution in [1.82, 2.24) is 0 Å². The maximum absolute atomic E-state index is 13.0. The van der Waals surface area contributed by atoms with Crippen LogP contribution in [0.4, 0.5) is 0 Å². The molecule has 2 aromatic carbocycles. The summed E-state index contributed by atoms with van der Waals surface area (Å²) in [7, 11) is 0. The summed E-state index contributed by atoms with van der Waals surface area (Å²) in [5.74, 6) is 1.76. The molecule has 0 spiro atoms. The Labute approximate surface area is 178 Å². The Balaban J connectivity index is 1.53. The van der Waals surface area contributed by atoms with Gasteiger partial charge in [-0.25, -0.2) is 0 Å². The molecule has 0 bridgehead atoms. The number of rotatable bonds is 6. The van der Waals surface area contributed by atoms with E-state index in [4.69, 9.17) is 9.47 Å². The van der Waals surface area contributed by atoms with Gasteiger partial charge in [-0.15, -0.1) is 11.3 Å². The van der Waals surface area contributed by atoms with Gasteiger partial charge in [0.25, 0.3) is 0 Å². The van der Waals surface area contributed by atoms with Crippen molar-refractivity contribution in [2.24, 2.45) is 0 Å². The molecule has 4 nitrogen and oxygen atoms in total. The predicted octanol–water partition coefficient (Wildman–Crippen LogP) is 6.74. The van der Waals surface area contributed by atoms with Gasteiger partial charge in [-0.05, 0) is 81.6 Å². The van der Waals surface area contributed by atoms with Crippen molar-refractivity contribution in [2.45, 2.75) is 10.3 Å². The van der Waals surface area contributed by atoms with E-state index in [1.807, 2.05) is 22.9 Å². The molecule has 0 radical (unpaired) electrons. The summed E-state index contributed by atoms with van der Waals surface area (Å²) >= 11 is 6.23. The largest absolute Gasteiger partial charge is 0.502 e. The van der Waals surface area contributed by atoms with Crippen LogP contribution in [-0.4, -0.2) is 14.7 Å². The lowest BCUT2D eigenvalue weighted by Gasteiger charge is -2.23. The van der Waals surface area contributed by atoms with Crippen LogP contribution in [0.3, 0.4) is 0 Å². The fourth-order valence-electron chi connectivity index (χ4n) is 2.69. The van der Waals surface area contributed by atoms with E-state index < -0.39 is 3.84 Å². The van der Waals surface area contributed by atoms with Crippen LogP contribution in [0, 0.1) is 0 Å². The molecule has 1 unspecified atom stereocenters. The highest BCUT2D eigenvalue weighted by molar-refractivity contribution is 9.11. The molecule has 3 aromatic rings. The maximum atomic E-state index is 13.0. The molecule has 0 aliphatic carbocycles. The summed E-state index contributed by atoms with van der Waals surface area (Å²) in [5.41, 5.74) is 0.997. The number of hydrogen-bond donors (Lipinski definition) is 1. The zero-order valence-corrected chi connectivity index (χ0v) is 17.7. The first-order valence-corrected chi connectivity index (χ1v) is 11.0. The lowest BCUT2D eigenvalue weighted by molar-refractivity contribution is 0.103. The summed E-state index contributed by atoms with van der Waals surface area (Å²) in [6, 6.07) is 16.0. The predicted molar refractivity (Wildman–Crippen MR) is 116 cm³/mol. The second kappa shape index (κ2) is 8.03. The van der Waals surface area contributed by atoms with Gasteiger partial charge in [0.05, 0.1) is 5.56 Å². The van der Waals surface area contributed by atoms with Gasteiger partial charge in [-0.2, -0.15) is 0 Å². The van der Waals surface area contributed by atoms with Gasteiger partial charge in [-0.3, -0.25) is 4.79 Å². The third-order valence-electron chi connectivity index (χ3n) is 4.02. The molecule has 1 aliphatic rings. The summed E-state index contributed by atoms with van der Waals surface area (Å²) < 4.78 is 10.9.